The van der Waals surface area contributed by atoms with Crippen LogP contribution in [0.15, 0.2) is 30.6 Å². The number of hydrogen-bond donors (Lipinski definition) is 0. The lowest BCUT2D eigenvalue weighted by Gasteiger charge is -2.42. The number of benzene rings is 1. The van der Waals surface area contributed by atoms with Crippen molar-refractivity contribution >= 4 is 17.6 Å². The molecule has 1 saturated carbocycles. The molecule has 1 aromatic carbocycles. The molecular formula is C18H18ClFN2O2. The van der Waals surface area contributed by atoms with Crippen LogP contribution in [0.1, 0.15) is 47.9 Å². The van der Waals surface area contributed by atoms with Gasteiger partial charge in [0.05, 0.1) is 17.2 Å². The van der Waals surface area contributed by atoms with Gasteiger partial charge in [-0.2, -0.15) is 0 Å². The molecule has 2 aromatic rings. The monoisotopic (exact) mass is 348 g/mol. The zero-order chi connectivity index (χ0) is 17.2. The number of ether oxygens (including phenoxy) is 1. The fourth-order valence-electron chi connectivity index (χ4n) is 3.07. The van der Waals surface area contributed by atoms with Gasteiger partial charge in [0.1, 0.15) is 11.6 Å². The van der Waals surface area contributed by atoms with Crippen LogP contribution in [0.25, 0.3) is 0 Å². The first-order valence-electron chi connectivity index (χ1n) is 7.98. The summed E-state index contributed by atoms with van der Waals surface area (Å²) in [6.07, 6.45) is 6.69. The highest BCUT2D eigenvalue weighted by molar-refractivity contribution is 6.30. The number of esters is 1. The Morgan fingerprint density at radius 1 is 1.33 bits per heavy atom. The molecule has 0 radical (unpaired) electrons. The van der Waals surface area contributed by atoms with Crippen molar-refractivity contribution in [3.05, 3.63) is 58.4 Å². The van der Waals surface area contributed by atoms with Gasteiger partial charge in [-0.15, -0.1) is 0 Å². The van der Waals surface area contributed by atoms with Crippen molar-refractivity contribution in [2.45, 2.75) is 38.0 Å². The van der Waals surface area contributed by atoms with Crippen molar-refractivity contribution in [2.24, 2.45) is 0 Å². The topological polar surface area (TPSA) is 52.1 Å². The van der Waals surface area contributed by atoms with Crippen LogP contribution in [0.3, 0.4) is 0 Å². The molecule has 1 aliphatic carbocycles. The molecule has 4 nitrogen and oxygen atoms in total. The van der Waals surface area contributed by atoms with Gasteiger partial charge in [-0.05, 0) is 37.5 Å². The zero-order valence-electron chi connectivity index (χ0n) is 13.4. The fraction of sp³-hybridized carbons (Fsp3) is 0.389. The van der Waals surface area contributed by atoms with Crippen LogP contribution in [0, 0.1) is 5.82 Å². The largest absolute Gasteiger partial charge is 0.462 e. The Labute approximate surface area is 145 Å². The Balaban J connectivity index is 1.80. The third-order valence-corrected chi connectivity index (χ3v) is 4.85. The molecule has 1 aromatic heterocycles. The van der Waals surface area contributed by atoms with Gasteiger partial charge in [-0.1, -0.05) is 24.1 Å². The molecule has 6 heteroatoms. The molecule has 0 bridgehead atoms. The molecule has 0 unspecified atom stereocenters. The minimum atomic E-state index is -0.423. The van der Waals surface area contributed by atoms with Gasteiger partial charge in [-0.3, -0.25) is 0 Å². The van der Waals surface area contributed by atoms with E-state index in [0.717, 1.165) is 24.8 Å². The van der Waals surface area contributed by atoms with E-state index < -0.39 is 11.8 Å². The second kappa shape index (κ2) is 6.85. The molecule has 3 rings (SSSR count). The maximum atomic E-state index is 13.4. The van der Waals surface area contributed by atoms with E-state index in [1.165, 1.54) is 18.5 Å². The second-order valence-electron chi connectivity index (χ2n) is 6.05. The smallest absolute Gasteiger partial charge is 0.341 e. The number of carbonyl (C=O) groups is 1. The third-order valence-electron chi connectivity index (χ3n) is 4.56. The molecule has 0 aliphatic heterocycles. The first-order valence-corrected chi connectivity index (χ1v) is 8.35. The van der Waals surface area contributed by atoms with Gasteiger partial charge in [0.15, 0.2) is 0 Å². The van der Waals surface area contributed by atoms with Crippen LogP contribution >= 0.6 is 11.6 Å². The summed E-state index contributed by atoms with van der Waals surface area (Å²) in [5.74, 6) is -0.180. The van der Waals surface area contributed by atoms with Gasteiger partial charge in [0, 0.05) is 24.2 Å². The minimum Gasteiger partial charge on any atom is -0.462 e. The molecule has 0 atom stereocenters. The summed E-state index contributed by atoms with van der Waals surface area (Å²) in [5, 5.41) is 0.136. The summed E-state index contributed by atoms with van der Waals surface area (Å²) in [5.41, 5.74) is 1.24. The molecule has 126 valence electrons. The molecule has 1 aliphatic rings. The molecule has 0 N–H and O–H groups in total. The number of aromatic nitrogens is 2. The zero-order valence-corrected chi connectivity index (χ0v) is 14.1. The maximum absolute atomic E-state index is 13.4. The van der Waals surface area contributed by atoms with E-state index in [2.05, 4.69) is 9.97 Å². The average molecular weight is 349 g/mol. The average Bonchev–Trinajstić information content (AvgIpc) is 2.54. The maximum Gasteiger partial charge on any atom is 0.341 e. The Morgan fingerprint density at radius 2 is 2.04 bits per heavy atom. The minimum absolute atomic E-state index is 0.108. The molecule has 0 spiro atoms. The third kappa shape index (κ3) is 3.26. The Morgan fingerprint density at radius 3 is 2.58 bits per heavy atom. The van der Waals surface area contributed by atoms with Crippen LogP contribution < -0.4 is 0 Å². The van der Waals surface area contributed by atoms with Gasteiger partial charge >= 0.3 is 5.97 Å². The van der Waals surface area contributed by atoms with Crippen LogP contribution in [-0.2, 0) is 16.6 Å². The van der Waals surface area contributed by atoms with Gasteiger partial charge in [-0.25, -0.2) is 19.2 Å². The highest BCUT2D eigenvalue weighted by Gasteiger charge is 2.39. The van der Waals surface area contributed by atoms with Crippen LogP contribution in [0.5, 0.6) is 0 Å². The standard InChI is InChI=1S/C18H18ClFN2O2/c1-2-24-17(23)12-10-21-16(22-11-12)9-18(6-3-7-18)13-4-5-15(20)14(19)8-13/h4-5,8,10-11H,2-3,6-7,9H2,1H3. The van der Waals surface area contributed by atoms with Crippen molar-refractivity contribution in [3.63, 3.8) is 0 Å². The van der Waals surface area contributed by atoms with Crippen molar-refractivity contribution < 1.29 is 13.9 Å². The van der Waals surface area contributed by atoms with Crippen molar-refractivity contribution in [1.29, 1.82) is 0 Å². The second-order valence-corrected chi connectivity index (χ2v) is 6.46. The summed E-state index contributed by atoms with van der Waals surface area (Å²) in [6.45, 7) is 2.07. The lowest BCUT2D eigenvalue weighted by atomic mass is 9.62. The summed E-state index contributed by atoms with van der Waals surface area (Å²) in [7, 11) is 0. The van der Waals surface area contributed by atoms with E-state index in [1.807, 2.05) is 0 Å². The lowest BCUT2D eigenvalue weighted by Crippen LogP contribution is -2.37. The fourth-order valence-corrected chi connectivity index (χ4v) is 3.25. The van der Waals surface area contributed by atoms with E-state index in [-0.39, 0.29) is 10.4 Å². The van der Waals surface area contributed by atoms with E-state index in [1.54, 1.807) is 19.1 Å². The van der Waals surface area contributed by atoms with Crippen LogP contribution in [0.4, 0.5) is 4.39 Å². The Kier molecular flexibility index (Phi) is 4.81. The summed E-state index contributed by atoms with van der Waals surface area (Å²) in [6, 6.07) is 4.89. The number of nitrogens with zero attached hydrogens (tertiary/aromatic N) is 2. The normalized spacial score (nSPS) is 15.6. The van der Waals surface area contributed by atoms with Gasteiger partial charge < -0.3 is 4.74 Å². The predicted octanol–water partition coefficient (Wildman–Crippen LogP) is 4.11. The van der Waals surface area contributed by atoms with E-state index in [0.29, 0.717) is 24.4 Å². The van der Waals surface area contributed by atoms with Crippen LogP contribution in [-0.4, -0.2) is 22.5 Å². The van der Waals surface area contributed by atoms with Crippen molar-refractivity contribution in [1.82, 2.24) is 9.97 Å². The lowest BCUT2D eigenvalue weighted by molar-refractivity contribution is 0.0525. The van der Waals surface area contributed by atoms with E-state index >= 15 is 0 Å². The SMILES string of the molecule is CCOC(=O)c1cnc(CC2(c3ccc(F)c(Cl)c3)CCC2)nc1. The molecule has 24 heavy (non-hydrogen) atoms. The predicted molar refractivity (Wildman–Crippen MR) is 88.6 cm³/mol. The van der Waals surface area contributed by atoms with Crippen LogP contribution in [0.2, 0.25) is 5.02 Å². The van der Waals surface area contributed by atoms with Gasteiger partial charge in [0.2, 0.25) is 0 Å². The number of hydrogen-bond acceptors (Lipinski definition) is 4. The van der Waals surface area contributed by atoms with E-state index in [4.69, 9.17) is 16.3 Å². The molecule has 0 saturated heterocycles. The van der Waals surface area contributed by atoms with Crippen molar-refractivity contribution in [2.75, 3.05) is 6.61 Å². The Hall–Kier alpha value is -2.01. The quantitative estimate of drug-likeness (QED) is 0.763. The summed E-state index contributed by atoms with van der Waals surface area (Å²) < 4.78 is 18.3. The highest BCUT2D eigenvalue weighted by atomic mass is 35.5. The number of rotatable bonds is 5. The summed E-state index contributed by atoms with van der Waals surface area (Å²) >= 11 is 5.93. The van der Waals surface area contributed by atoms with Crippen molar-refractivity contribution in [3.8, 4) is 0 Å². The first-order chi connectivity index (χ1) is 11.5. The molecule has 1 heterocycles. The molecule has 1 fully saturated rings. The molecule has 0 amide bonds. The number of carbonyl (C=O) groups excluding carboxylic acids is 1. The first kappa shape index (κ1) is 16.8. The van der Waals surface area contributed by atoms with E-state index in [9.17, 15) is 9.18 Å². The Bertz CT molecular complexity index is 745. The van der Waals surface area contributed by atoms with Gasteiger partial charge in [0.25, 0.3) is 0 Å². The summed E-state index contributed by atoms with van der Waals surface area (Å²) in [4.78, 5) is 20.2. The number of halogens is 2. The highest BCUT2D eigenvalue weighted by Crippen LogP contribution is 2.46. The molecular weight excluding hydrogens is 331 g/mol.